The summed E-state index contributed by atoms with van der Waals surface area (Å²) in [6.45, 7) is 6.70. The van der Waals surface area contributed by atoms with Gasteiger partial charge in [0.25, 0.3) is 0 Å². The molecule has 0 amide bonds. The van der Waals surface area contributed by atoms with Crippen LogP contribution in [0, 0.1) is 6.92 Å². The van der Waals surface area contributed by atoms with Crippen LogP contribution in [0.2, 0.25) is 0 Å². The Morgan fingerprint density at radius 3 is 2.54 bits per heavy atom. The average molecular weight is 203 g/mol. The zero-order valence-electron chi connectivity index (χ0n) is 8.41. The van der Waals surface area contributed by atoms with Crippen LogP contribution in [0.5, 0.6) is 0 Å². The van der Waals surface area contributed by atoms with Gasteiger partial charge in [-0.1, -0.05) is 19.1 Å². The van der Waals surface area contributed by atoms with Crippen LogP contribution in [0.15, 0.2) is 0 Å². The molecule has 0 radical (unpaired) electrons. The molecule has 0 aromatic carbocycles. The lowest BCUT2D eigenvalue weighted by Crippen LogP contribution is -2.24. The molecule has 1 aromatic heterocycles. The molecule has 0 bridgehead atoms. The summed E-state index contributed by atoms with van der Waals surface area (Å²) < 4.78 is 1.67. The normalized spacial score (nSPS) is 9.31. The quantitative estimate of drug-likeness (QED) is 0.420. The first-order valence-corrected chi connectivity index (χ1v) is 4.87. The second kappa shape index (κ2) is 6.95. The van der Waals surface area contributed by atoms with Crippen molar-refractivity contribution in [1.29, 1.82) is 0 Å². The summed E-state index contributed by atoms with van der Waals surface area (Å²) >= 11 is 0. The summed E-state index contributed by atoms with van der Waals surface area (Å²) in [5, 5.41) is 7.78. The van der Waals surface area contributed by atoms with E-state index in [9.17, 15) is 0 Å². The largest absolute Gasteiger partial charge is 0.271 e. The molecule has 3 N–H and O–H groups in total. The van der Waals surface area contributed by atoms with Crippen LogP contribution in [0.1, 0.15) is 25.2 Å². The molecule has 76 valence electrons. The van der Waals surface area contributed by atoms with E-state index >= 15 is 0 Å². The van der Waals surface area contributed by atoms with Gasteiger partial charge in [-0.2, -0.15) is 0 Å². The third-order valence-electron chi connectivity index (χ3n) is 1.53. The maximum atomic E-state index is 5.12. The molecule has 0 fully saturated rings. The highest BCUT2D eigenvalue weighted by molar-refractivity contribution is 7.14. The number of aromatic nitrogens is 3. The van der Waals surface area contributed by atoms with Gasteiger partial charge in [0.1, 0.15) is 0 Å². The number of nitrogens with zero attached hydrogens (tertiary/aromatic N) is 3. The van der Waals surface area contributed by atoms with Crippen molar-refractivity contribution in [2.45, 2.75) is 27.2 Å². The van der Waals surface area contributed by atoms with Crippen molar-refractivity contribution in [2.75, 3.05) is 6.54 Å². The first kappa shape index (κ1) is 12.5. The minimum Gasteiger partial charge on any atom is -0.271 e. The topological polar surface area (TPSA) is 68.8 Å². The van der Waals surface area contributed by atoms with Crippen molar-refractivity contribution in [2.24, 2.45) is 5.84 Å². The molecule has 0 aliphatic rings. The van der Waals surface area contributed by atoms with Crippen LogP contribution in [0.25, 0.3) is 0 Å². The van der Waals surface area contributed by atoms with E-state index in [1.54, 1.807) is 4.45 Å². The van der Waals surface area contributed by atoms with Crippen LogP contribution < -0.4 is 11.3 Å². The predicted molar refractivity (Wildman–Crippen MR) is 57.1 cm³/mol. The van der Waals surface area contributed by atoms with Gasteiger partial charge < -0.3 is 0 Å². The van der Waals surface area contributed by atoms with Crippen molar-refractivity contribution in [3.05, 3.63) is 11.4 Å². The van der Waals surface area contributed by atoms with Crippen molar-refractivity contribution < 1.29 is 0 Å². The predicted octanol–water partition coefficient (Wildman–Crippen LogP) is 0.257. The molecule has 5 nitrogen and oxygen atoms in total. The SMILES string of the molecule is CC.Cc1c(CCNN)nnn1P. The fourth-order valence-corrected chi connectivity index (χ4v) is 0.996. The average Bonchev–Trinajstić information content (AvgIpc) is 2.48. The van der Waals surface area contributed by atoms with Crippen molar-refractivity contribution in [1.82, 2.24) is 20.2 Å². The van der Waals surface area contributed by atoms with Gasteiger partial charge in [0.05, 0.1) is 11.4 Å². The van der Waals surface area contributed by atoms with Crippen molar-refractivity contribution >= 4 is 9.39 Å². The molecule has 0 saturated carbocycles. The lowest BCUT2D eigenvalue weighted by Gasteiger charge is -1.96. The molecule has 1 heterocycles. The lowest BCUT2D eigenvalue weighted by atomic mass is 10.3. The standard InChI is InChI=1S/C5H12N5P.C2H6/c1-4-5(2-3-7-6)8-9-10(4)11;1-2/h7H,2-3,6,11H2,1H3;1-2H3. The number of hydrogen-bond donors (Lipinski definition) is 2. The van der Waals surface area contributed by atoms with E-state index in [2.05, 4.69) is 25.1 Å². The third kappa shape index (κ3) is 3.81. The molecule has 0 aliphatic heterocycles. The number of hydrogen-bond acceptors (Lipinski definition) is 4. The van der Waals surface area contributed by atoms with Crippen LogP contribution in [0.3, 0.4) is 0 Å². The van der Waals surface area contributed by atoms with Crippen LogP contribution in [-0.4, -0.2) is 21.3 Å². The highest BCUT2D eigenvalue weighted by Crippen LogP contribution is 2.05. The van der Waals surface area contributed by atoms with Gasteiger partial charge in [-0.15, -0.1) is 5.10 Å². The maximum Gasteiger partial charge on any atom is 0.0872 e. The fourth-order valence-electron chi connectivity index (χ4n) is 0.795. The van der Waals surface area contributed by atoms with Crippen LogP contribution in [-0.2, 0) is 6.42 Å². The monoisotopic (exact) mass is 203 g/mol. The highest BCUT2D eigenvalue weighted by Gasteiger charge is 2.03. The van der Waals surface area contributed by atoms with E-state index in [0.717, 1.165) is 24.4 Å². The van der Waals surface area contributed by atoms with Gasteiger partial charge in [0, 0.05) is 13.0 Å². The van der Waals surface area contributed by atoms with Gasteiger partial charge in [0.2, 0.25) is 0 Å². The van der Waals surface area contributed by atoms with Gasteiger partial charge in [0.15, 0.2) is 0 Å². The molecule has 6 heteroatoms. The summed E-state index contributed by atoms with van der Waals surface area (Å²) in [6.07, 6.45) is 0.816. The zero-order chi connectivity index (χ0) is 10.3. The zero-order valence-corrected chi connectivity index (χ0v) is 9.57. The molecule has 0 spiro atoms. The van der Waals surface area contributed by atoms with Gasteiger partial charge in [-0.3, -0.25) is 11.3 Å². The Labute approximate surface area is 81.3 Å². The third-order valence-corrected chi connectivity index (χ3v) is 2.02. The molecule has 1 atom stereocenters. The molecule has 0 aliphatic carbocycles. The molecule has 0 saturated heterocycles. The lowest BCUT2D eigenvalue weighted by molar-refractivity contribution is 0.714. The molecular weight excluding hydrogens is 185 g/mol. The number of hydrazine groups is 1. The van der Waals surface area contributed by atoms with E-state index in [1.165, 1.54) is 0 Å². The maximum absolute atomic E-state index is 5.12. The molecule has 1 aromatic rings. The number of nitrogens with one attached hydrogen (secondary N) is 1. The first-order valence-electron chi connectivity index (χ1n) is 4.35. The smallest absolute Gasteiger partial charge is 0.0872 e. The van der Waals surface area contributed by atoms with Crippen LogP contribution in [0.4, 0.5) is 0 Å². The Bertz CT molecular complexity index is 235. The van der Waals surface area contributed by atoms with E-state index in [1.807, 2.05) is 20.8 Å². The van der Waals surface area contributed by atoms with Crippen molar-refractivity contribution in [3.8, 4) is 0 Å². The Kier molecular flexibility index (Phi) is 6.68. The van der Waals surface area contributed by atoms with Crippen LogP contribution >= 0.6 is 9.39 Å². The fraction of sp³-hybridized carbons (Fsp3) is 0.714. The number of rotatable bonds is 3. The summed E-state index contributed by atoms with van der Waals surface area (Å²) in [6, 6.07) is 0. The Balaban J connectivity index is 0.000000671. The van der Waals surface area contributed by atoms with Crippen molar-refractivity contribution in [3.63, 3.8) is 0 Å². The second-order valence-corrected chi connectivity index (χ2v) is 2.76. The summed E-state index contributed by atoms with van der Waals surface area (Å²) in [5.41, 5.74) is 4.61. The minimum absolute atomic E-state index is 0.726. The Morgan fingerprint density at radius 2 is 2.15 bits per heavy atom. The summed E-state index contributed by atoms with van der Waals surface area (Å²) in [4.78, 5) is 0. The first-order chi connectivity index (χ1) is 6.25. The van der Waals surface area contributed by atoms with E-state index < -0.39 is 0 Å². The van der Waals surface area contributed by atoms with Gasteiger partial charge >= 0.3 is 0 Å². The summed E-state index contributed by atoms with van der Waals surface area (Å²) in [7, 11) is 2.46. The van der Waals surface area contributed by atoms with Gasteiger partial charge in [-0.25, -0.2) is 4.45 Å². The van der Waals surface area contributed by atoms with Gasteiger partial charge in [-0.05, 0) is 16.3 Å². The minimum atomic E-state index is 0.726. The second-order valence-electron chi connectivity index (χ2n) is 2.27. The molecule has 13 heavy (non-hydrogen) atoms. The Morgan fingerprint density at radius 1 is 1.54 bits per heavy atom. The molecular formula is C7H18N5P. The number of nitrogens with two attached hydrogens (primary N) is 1. The highest BCUT2D eigenvalue weighted by atomic mass is 31.0. The van der Waals surface area contributed by atoms with E-state index in [4.69, 9.17) is 5.84 Å². The van der Waals surface area contributed by atoms with E-state index in [0.29, 0.717) is 0 Å². The Hall–Kier alpha value is -0.510. The van der Waals surface area contributed by atoms with E-state index in [-0.39, 0.29) is 0 Å². The molecule has 1 unspecified atom stereocenters. The summed E-state index contributed by atoms with van der Waals surface area (Å²) in [5.74, 6) is 5.12. The molecule has 1 rings (SSSR count).